The van der Waals surface area contributed by atoms with Crippen molar-refractivity contribution in [3.8, 4) is 5.69 Å². The van der Waals surface area contributed by atoms with Crippen LogP contribution in [0.1, 0.15) is 22.3 Å². The third-order valence-corrected chi connectivity index (χ3v) is 4.44. The minimum absolute atomic E-state index is 0.166. The molecule has 114 valence electrons. The van der Waals surface area contributed by atoms with E-state index in [0.717, 1.165) is 21.6 Å². The lowest BCUT2D eigenvalue weighted by atomic mass is 10.3. The Balaban J connectivity index is 1.98. The minimum atomic E-state index is -0.556. The number of hydrogen-bond acceptors (Lipinski definition) is 4. The number of para-hydroxylation sites is 1. The number of aromatic nitrogens is 2. The molecule has 2 heterocycles. The number of benzene rings is 1. The van der Waals surface area contributed by atoms with Gasteiger partial charge < -0.3 is 10.4 Å². The molecule has 2 N–H and O–H groups in total. The molecule has 2 aromatic heterocycles. The first-order valence-electron chi connectivity index (χ1n) is 7.07. The van der Waals surface area contributed by atoms with Crippen molar-refractivity contribution in [2.45, 2.75) is 20.0 Å². The van der Waals surface area contributed by atoms with Crippen LogP contribution in [-0.2, 0) is 0 Å². The third-order valence-electron chi connectivity index (χ3n) is 3.33. The fourth-order valence-electron chi connectivity index (χ4n) is 2.23. The monoisotopic (exact) mass is 315 g/mol. The molecule has 0 aliphatic heterocycles. The van der Waals surface area contributed by atoms with Crippen LogP contribution in [0.2, 0.25) is 0 Å². The van der Waals surface area contributed by atoms with E-state index in [1.54, 1.807) is 6.92 Å². The van der Waals surface area contributed by atoms with Gasteiger partial charge in [0.05, 0.1) is 22.4 Å². The molecule has 22 heavy (non-hydrogen) atoms. The molecule has 0 saturated heterocycles. The third kappa shape index (κ3) is 2.75. The van der Waals surface area contributed by atoms with E-state index in [1.807, 2.05) is 48.0 Å². The van der Waals surface area contributed by atoms with E-state index in [4.69, 9.17) is 0 Å². The highest BCUT2D eigenvalue weighted by molar-refractivity contribution is 7.20. The lowest BCUT2D eigenvalue weighted by molar-refractivity contribution is 0.0928. The number of aliphatic hydroxyl groups excluding tert-OH is 1. The fraction of sp³-hybridized carbons (Fsp3) is 0.250. The normalized spacial score (nSPS) is 12.5. The maximum atomic E-state index is 12.1. The van der Waals surface area contributed by atoms with Crippen LogP contribution in [0, 0.1) is 6.92 Å². The summed E-state index contributed by atoms with van der Waals surface area (Å²) in [5.74, 6) is -0.166. The van der Waals surface area contributed by atoms with Crippen molar-refractivity contribution < 1.29 is 9.90 Å². The van der Waals surface area contributed by atoms with Gasteiger partial charge in [-0.1, -0.05) is 18.2 Å². The molecule has 0 aliphatic carbocycles. The van der Waals surface area contributed by atoms with Crippen LogP contribution in [0.5, 0.6) is 0 Å². The molecule has 6 heteroatoms. The molecule has 1 amide bonds. The number of nitrogens with one attached hydrogen (secondary N) is 1. The summed E-state index contributed by atoms with van der Waals surface area (Å²) in [6.07, 6.45) is -0.556. The number of carbonyl (C=O) groups excluding carboxylic acids is 1. The Kier molecular flexibility index (Phi) is 3.96. The molecule has 0 aliphatic rings. The van der Waals surface area contributed by atoms with Crippen molar-refractivity contribution in [3.63, 3.8) is 0 Å². The number of aryl methyl sites for hydroxylation is 1. The van der Waals surface area contributed by atoms with Crippen molar-refractivity contribution in [2.75, 3.05) is 6.54 Å². The van der Waals surface area contributed by atoms with Gasteiger partial charge in [0.15, 0.2) is 0 Å². The van der Waals surface area contributed by atoms with Gasteiger partial charge in [-0.2, -0.15) is 5.10 Å². The number of carbonyl (C=O) groups is 1. The van der Waals surface area contributed by atoms with Gasteiger partial charge in [0, 0.05) is 11.9 Å². The predicted octanol–water partition coefficient (Wildman–Crippen LogP) is 2.51. The highest BCUT2D eigenvalue weighted by Crippen LogP contribution is 2.30. The first kappa shape index (κ1) is 14.7. The standard InChI is InChI=1S/C16H17N3O2S/c1-10(20)9-17-15(21)14-8-13-11(2)18-19(16(13)22-14)12-6-4-3-5-7-12/h3-8,10,20H,9H2,1-2H3,(H,17,21)/t10-/m0/s1. The first-order valence-corrected chi connectivity index (χ1v) is 7.89. The molecule has 0 saturated carbocycles. The summed E-state index contributed by atoms with van der Waals surface area (Å²) in [5.41, 5.74) is 1.86. The molecule has 5 nitrogen and oxygen atoms in total. The molecule has 0 bridgehead atoms. The maximum Gasteiger partial charge on any atom is 0.261 e. The fourth-order valence-corrected chi connectivity index (χ4v) is 3.33. The van der Waals surface area contributed by atoms with E-state index in [-0.39, 0.29) is 12.5 Å². The van der Waals surface area contributed by atoms with Crippen LogP contribution in [0.15, 0.2) is 36.4 Å². The highest BCUT2D eigenvalue weighted by atomic mass is 32.1. The van der Waals surface area contributed by atoms with Gasteiger partial charge in [-0.25, -0.2) is 4.68 Å². The Morgan fingerprint density at radius 1 is 1.41 bits per heavy atom. The van der Waals surface area contributed by atoms with Crippen LogP contribution in [0.4, 0.5) is 0 Å². The molecule has 0 fully saturated rings. The molecule has 0 spiro atoms. The summed E-state index contributed by atoms with van der Waals surface area (Å²) in [7, 11) is 0. The van der Waals surface area contributed by atoms with Crippen LogP contribution in [-0.4, -0.2) is 33.4 Å². The number of thiophene rings is 1. The molecular formula is C16H17N3O2S. The number of aliphatic hydroxyl groups is 1. The quantitative estimate of drug-likeness (QED) is 0.777. The summed E-state index contributed by atoms with van der Waals surface area (Å²) in [4.78, 5) is 13.7. The zero-order valence-corrected chi connectivity index (χ0v) is 13.2. The van der Waals surface area contributed by atoms with Crippen LogP contribution < -0.4 is 5.32 Å². The largest absolute Gasteiger partial charge is 0.392 e. The van der Waals surface area contributed by atoms with Crippen molar-refractivity contribution in [1.29, 1.82) is 0 Å². The van der Waals surface area contributed by atoms with Gasteiger partial charge in [-0.3, -0.25) is 4.79 Å². The lowest BCUT2D eigenvalue weighted by Gasteiger charge is -2.05. The topological polar surface area (TPSA) is 67.2 Å². The van der Waals surface area contributed by atoms with Crippen molar-refractivity contribution in [1.82, 2.24) is 15.1 Å². The number of nitrogens with zero attached hydrogens (tertiary/aromatic N) is 2. The summed E-state index contributed by atoms with van der Waals surface area (Å²) < 4.78 is 1.86. The predicted molar refractivity (Wildman–Crippen MR) is 87.7 cm³/mol. The molecular weight excluding hydrogens is 298 g/mol. The van der Waals surface area contributed by atoms with Crippen molar-refractivity contribution >= 4 is 27.5 Å². The molecule has 3 rings (SSSR count). The number of fused-ring (bicyclic) bond motifs is 1. The van der Waals surface area contributed by atoms with E-state index < -0.39 is 6.10 Å². The van der Waals surface area contributed by atoms with E-state index in [0.29, 0.717) is 4.88 Å². The van der Waals surface area contributed by atoms with Gasteiger partial charge in [0.1, 0.15) is 4.83 Å². The summed E-state index contributed by atoms with van der Waals surface area (Å²) >= 11 is 1.41. The zero-order chi connectivity index (χ0) is 15.7. The van der Waals surface area contributed by atoms with Crippen LogP contribution in [0.3, 0.4) is 0 Å². The van der Waals surface area contributed by atoms with E-state index >= 15 is 0 Å². The second-order valence-corrected chi connectivity index (χ2v) is 6.25. The molecule has 0 radical (unpaired) electrons. The van der Waals surface area contributed by atoms with Gasteiger partial charge in [-0.15, -0.1) is 11.3 Å². The Morgan fingerprint density at radius 3 is 2.82 bits per heavy atom. The number of amides is 1. The van der Waals surface area contributed by atoms with E-state index in [1.165, 1.54) is 11.3 Å². The minimum Gasteiger partial charge on any atom is -0.392 e. The molecule has 1 aromatic carbocycles. The molecule has 1 atom stereocenters. The summed E-state index contributed by atoms with van der Waals surface area (Å²) in [5, 5.41) is 17.5. The molecule has 3 aromatic rings. The highest BCUT2D eigenvalue weighted by Gasteiger charge is 2.17. The zero-order valence-electron chi connectivity index (χ0n) is 12.4. The van der Waals surface area contributed by atoms with E-state index in [9.17, 15) is 9.90 Å². The Morgan fingerprint density at radius 2 is 2.14 bits per heavy atom. The van der Waals surface area contributed by atoms with Gasteiger partial charge in [0.25, 0.3) is 5.91 Å². The Hall–Kier alpha value is -2.18. The molecule has 0 unspecified atom stereocenters. The smallest absolute Gasteiger partial charge is 0.261 e. The first-order chi connectivity index (χ1) is 10.6. The van der Waals surface area contributed by atoms with Crippen LogP contribution >= 0.6 is 11.3 Å². The Bertz CT molecular complexity index is 806. The van der Waals surface area contributed by atoms with E-state index in [2.05, 4.69) is 10.4 Å². The van der Waals surface area contributed by atoms with Gasteiger partial charge >= 0.3 is 0 Å². The van der Waals surface area contributed by atoms with Gasteiger partial charge in [-0.05, 0) is 32.0 Å². The summed E-state index contributed by atoms with van der Waals surface area (Å²) in [6.45, 7) is 3.82. The second kappa shape index (κ2) is 5.90. The summed E-state index contributed by atoms with van der Waals surface area (Å²) in [6, 6.07) is 11.7. The van der Waals surface area contributed by atoms with Gasteiger partial charge in [0.2, 0.25) is 0 Å². The number of rotatable bonds is 4. The SMILES string of the molecule is Cc1nn(-c2ccccc2)c2sc(C(=O)NC[C@H](C)O)cc12. The average Bonchev–Trinajstić information content (AvgIpc) is 3.07. The number of hydrogen-bond donors (Lipinski definition) is 2. The Labute approximate surface area is 132 Å². The maximum absolute atomic E-state index is 12.1. The van der Waals surface area contributed by atoms with Crippen LogP contribution in [0.25, 0.3) is 15.9 Å². The van der Waals surface area contributed by atoms with Crippen molar-refractivity contribution in [3.05, 3.63) is 47.0 Å². The average molecular weight is 315 g/mol. The lowest BCUT2D eigenvalue weighted by Crippen LogP contribution is -2.29. The second-order valence-electron chi connectivity index (χ2n) is 5.22. The van der Waals surface area contributed by atoms with Crippen molar-refractivity contribution in [2.24, 2.45) is 0 Å².